The lowest BCUT2D eigenvalue weighted by atomic mass is 10.2. The minimum Gasteiger partial charge on any atom is -0.383 e. The van der Waals surface area contributed by atoms with Crippen LogP contribution in [0.1, 0.15) is 5.56 Å². The Morgan fingerprint density at radius 2 is 2.16 bits per heavy atom. The van der Waals surface area contributed by atoms with Gasteiger partial charge in [-0.25, -0.2) is 0 Å². The smallest absolute Gasteiger partial charge is 0.243 e. The zero-order valence-corrected chi connectivity index (χ0v) is 12.4. The third-order valence-corrected chi connectivity index (χ3v) is 4.44. The molecule has 5 heteroatoms. The number of nitrogens with one attached hydrogen (secondary N) is 1. The van der Waals surface area contributed by atoms with Crippen molar-refractivity contribution in [1.29, 1.82) is 0 Å². The fourth-order valence-corrected chi connectivity index (χ4v) is 3.25. The number of hydrogen-bond acceptors (Lipinski definition) is 4. The zero-order valence-electron chi connectivity index (χ0n) is 10.8. The highest BCUT2D eigenvalue weighted by Crippen LogP contribution is 2.27. The van der Waals surface area contributed by atoms with E-state index in [2.05, 4.69) is 11.9 Å². The van der Waals surface area contributed by atoms with Crippen LogP contribution in [0.25, 0.3) is 0 Å². The van der Waals surface area contributed by atoms with Crippen LogP contribution < -0.4 is 5.32 Å². The Bertz CT molecular complexity index is 499. The van der Waals surface area contributed by atoms with E-state index in [0.717, 1.165) is 5.69 Å². The minimum absolute atomic E-state index is 0.0644. The molecule has 0 spiro atoms. The number of aryl methyl sites for hydroxylation is 1. The molecular formula is C14H16N2OS2. The van der Waals surface area contributed by atoms with Crippen molar-refractivity contribution in [3.8, 4) is 0 Å². The fraction of sp³-hybridized carbons (Fsp3) is 0.286. The van der Waals surface area contributed by atoms with Crippen LogP contribution in [-0.4, -0.2) is 33.5 Å². The Labute approximate surface area is 123 Å². The third kappa shape index (κ3) is 3.36. The molecule has 1 saturated heterocycles. The number of rotatable bonds is 5. The molecule has 100 valence electrons. The maximum absolute atomic E-state index is 12.1. The van der Waals surface area contributed by atoms with Gasteiger partial charge in [-0.3, -0.25) is 9.69 Å². The van der Waals surface area contributed by atoms with Gasteiger partial charge in [0.15, 0.2) is 0 Å². The van der Waals surface area contributed by atoms with Gasteiger partial charge in [-0.15, -0.1) is 6.58 Å². The molecule has 1 amide bonds. The van der Waals surface area contributed by atoms with Crippen LogP contribution in [0, 0.1) is 6.92 Å². The Kier molecular flexibility index (Phi) is 4.61. The summed E-state index contributed by atoms with van der Waals surface area (Å²) in [6, 6.07) is 8.11. The lowest BCUT2D eigenvalue weighted by Gasteiger charge is -2.13. The van der Waals surface area contributed by atoms with E-state index >= 15 is 0 Å². The molecule has 0 aliphatic carbocycles. The van der Waals surface area contributed by atoms with E-state index in [4.69, 9.17) is 12.2 Å². The van der Waals surface area contributed by atoms with Crippen molar-refractivity contribution < 1.29 is 4.79 Å². The maximum atomic E-state index is 12.1. The van der Waals surface area contributed by atoms with Gasteiger partial charge in [-0.1, -0.05) is 47.8 Å². The maximum Gasteiger partial charge on any atom is 0.243 e. The summed E-state index contributed by atoms with van der Waals surface area (Å²) in [5, 5.41) is 3.13. The van der Waals surface area contributed by atoms with Crippen molar-refractivity contribution in [1.82, 2.24) is 4.90 Å². The van der Waals surface area contributed by atoms with E-state index in [1.54, 1.807) is 11.0 Å². The first-order valence-corrected chi connectivity index (χ1v) is 7.34. The monoisotopic (exact) mass is 292 g/mol. The van der Waals surface area contributed by atoms with Crippen molar-refractivity contribution in [2.24, 2.45) is 0 Å². The molecule has 1 N–H and O–H groups in total. The van der Waals surface area contributed by atoms with E-state index in [-0.39, 0.29) is 11.2 Å². The molecule has 1 aliphatic heterocycles. The van der Waals surface area contributed by atoms with Crippen LogP contribution in [0.4, 0.5) is 5.69 Å². The Balaban J connectivity index is 1.93. The van der Waals surface area contributed by atoms with E-state index in [9.17, 15) is 4.79 Å². The largest absolute Gasteiger partial charge is 0.383 e. The number of nitrogens with zero attached hydrogens (tertiary/aromatic N) is 1. The molecule has 3 nitrogen and oxygen atoms in total. The van der Waals surface area contributed by atoms with Gasteiger partial charge in [0.2, 0.25) is 5.91 Å². The quantitative estimate of drug-likeness (QED) is 0.668. The molecule has 1 aromatic carbocycles. The second-order valence-corrected chi connectivity index (χ2v) is 6.19. The summed E-state index contributed by atoms with van der Waals surface area (Å²) in [6.45, 7) is 6.76. The fourth-order valence-electron chi connectivity index (χ4n) is 1.80. The van der Waals surface area contributed by atoms with Crippen LogP contribution in [0.15, 0.2) is 36.9 Å². The number of amides is 1. The summed E-state index contributed by atoms with van der Waals surface area (Å²) in [5.74, 6) is 0.0644. The standard InChI is InChI=1S/C14H16N2OS2/c1-3-8-16-13(17)12(19-14(16)18)9-15-11-6-4-10(2)5-7-11/h3-7,12,15H,1,8-9H2,2H3. The van der Waals surface area contributed by atoms with Gasteiger partial charge in [-0.2, -0.15) is 0 Å². The van der Waals surface area contributed by atoms with Gasteiger partial charge in [0.1, 0.15) is 9.57 Å². The number of carbonyl (C=O) groups excluding carboxylic acids is 1. The van der Waals surface area contributed by atoms with Crippen molar-refractivity contribution in [2.45, 2.75) is 12.2 Å². The topological polar surface area (TPSA) is 32.3 Å². The molecule has 1 aromatic rings. The highest BCUT2D eigenvalue weighted by molar-refractivity contribution is 8.24. The van der Waals surface area contributed by atoms with E-state index < -0.39 is 0 Å². The minimum atomic E-state index is -0.145. The first kappa shape index (κ1) is 14.1. The average molecular weight is 292 g/mol. The van der Waals surface area contributed by atoms with Gasteiger partial charge in [0, 0.05) is 18.8 Å². The van der Waals surface area contributed by atoms with E-state index in [1.165, 1.54) is 17.3 Å². The van der Waals surface area contributed by atoms with E-state index in [1.807, 2.05) is 31.2 Å². The zero-order chi connectivity index (χ0) is 13.8. The van der Waals surface area contributed by atoms with Crippen molar-refractivity contribution in [3.05, 3.63) is 42.5 Å². The SMILES string of the molecule is C=CCN1C(=O)C(CNc2ccc(C)cc2)SC1=S. The van der Waals surface area contributed by atoms with Crippen molar-refractivity contribution >= 4 is 39.9 Å². The molecular weight excluding hydrogens is 276 g/mol. The highest BCUT2D eigenvalue weighted by atomic mass is 32.2. The Morgan fingerprint density at radius 3 is 2.79 bits per heavy atom. The molecule has 1 unspecified atom stereocenters. The summed E-state index contributed by atoms with van der Waals surface area (Å²) >= 11 is 6.64. The first-order chi connectivity index (χ1) is 9.11. The third-order valence-electron chi connectivity index (χ3n) is 2.86. The van der Waals surface area contributed by atoms with Crippen LogP contribution in [0.3, 0.4) is 0 Å². The average Bonchev–Trinajstić information content (AvgIpc) is 2.66. The van der Waals surface area contributed by atoms with Crippen LogP contribution in [0.2, 0.25) is 0 Å². The summed E-state index contributed by atoms with van der Waals surface area (Å²) < 4.78 is 0.639. The lowest BCUT2D eigenvalue weighted by molar-refractivity contribution is -0.125. The number of carbonyl (C=O) groups is 1. The first-order valence-electron chi connectivity index (χ1n) is 6.05. The van der Waals surface area contributed by atoms with Gasteiger partial charge < -0.3 is 5.32 Å². The number of thioether (sulfide) groups is 1. The van der Waals surface area contributed by atoms with Crippen LogP contribution in [0.5, 0.6) is 0 Å². The Morgan fingerprint density at radius 1 is 1.47 bits per heavy atom. The molecule has 0 aromatic heterocycles. The number of hydrogen-bond donors (Lipinski definition) is 1. The van der Waals surface area contributed by atoms with Gasteiger partial charge in [-0.05, 0) is 19.1 Å². The van der Waals surface area contributed by atoms with Gasteiger partial charge in [0.05, 0.1) is 0 Å². The molecule has 1 fully saturated rings. The molecule has 19 heavy (non-hydrogen) atoms. The second-order valence-electron chi connectivity index (χ2n) is 4.36. The van der Waals surface area contributed by atoms with Gasteiger partial charge >= 0.3 is 0 Å². The molecule has 0 radical (unpaired) electrons. The molecule has 0 bridgehead atoms. The van der Waals surface area contributed by atoms with Crippen molar-refractivity contribution in [2.75, 3.05) is 18.4 Å². The molecule has 1 aliphatic rings. The summed E-state index contributed by atoms with van der Waals surface area (Å²) in [4.78, 5) is 13.7. The van der Waals surface area contributed by atoms with E-state index in [0.29, 0.717) is 17.4 Å². The molecule has 0 saturated carbocycles. The summed E-state index contributed by atoms with van der Waals surface area (Å²) in [5.41, 5.74) is 2.24. The number of thiocarbonyl (C=S) groups is 1. The molecule has 1 heterocycles. The Hall–Kier alpha value is -1.33. The summed E-state index contributed by atoms with van der Waals surface area (Å²) in [6.07, 6.45) is 1.69. The summed E-state index contributed by atoms with van der Waals surface area (Å²) in [7, 11) is 0. The van der Waals surface area contributed by atoms with Crippen molar-refractivity contribution in [3.63, 3.8) is 0 Å². The second kappa shape index (κ2) is 6.21. The molecule has 2 rings (SSSR count). The van der Waals surface area contributed by atoms with Gasteiger partial charge in [0.25, 0.3) is 0 Å². The number of anilines is 1. The predicted molar refractivity (Wildman–Crippen MR) is 85.6 cm³/mol. The van der Waals surface area contributed by atoms with Crippen LogP contribution >= 0.6 is 24.0 Å². The van der Waals surface area contributed by atoms with Crippen LogP contribution in [-0.2, 0) is 4.79 Å². The molecule has 1 atom stereocenters. The highest BCUT2D eigenvalue weighted by Gasteiger charge is 2.35. The normalized spacial score (nSPS) is 18.8. The number of benzene rings is 1. The lowest BCUT2D eigenvalue weighted by Crippen LogP contribution is -2.34. The predicted octanol–water partition coefficient (Wildman–Crippen LogP) is 2.82.